The third-order valence-corrected chi connectivity index (χ3v) is 6.74. The molecule has 158 valence electrons. The summed E-state index contributed by atoms with van der Waals surface area (Å²) in [5, 5.41) is 0.957. The largest absolute Gasteiger partial charge is 0.368 e. The minimum Gasteiger partial charge on any atom is -0.368 e. The van der Waals surface area contributed by atoms with E-state index >= 15 is 0 Å². The second-order valence-corrected chi connectivity index (χ2v) is 11.4. The molecule has 1 aliphatic heterocycles. The number of thiazole rings is 1. The molecule has 0 radical (unpaired) electrons. The summed E-state index contributed by atoms with van der Waals surface area (Å²) >= 11 is 1.51. The number of anilines is 1. The molecule has 0 unspecified atom stereocenters. The summed E-state index contributed by atoms with van der Waals surface area (Å²) in [5.74, 6) is 0.131. The van der Waals surface area contributed by atoms with Gasteiger partial charge in [-0.05, 0) is 47.9 Å². The lowest BCUT2D eigenvalue weighted by molar-refractivity contribution is 0.0750. The van der Waals surface area contributed by atoms with Crippen LogP contribution in [0.5, 0.6) is 0 Å². The van der Waals surface area contributed by atoms with Gasteiger partial charge in [0.15, 0.2) is 0 Å². The highest BCUT2D eigenvalue weighted by atomic mass is 32.1. The highest BCUT2D eigenvalue weighted by molar-refractivity contribution is 7.13. The van der Waals surface area contributed by atoms with E-state index in [0.29, 0.717) is 0 Å². The summed E-state index contributed by atoms with van der Waals surface area (Å²) in [7, 11) is 0. The van der Waals surface area contributed by atoms with Crippen molar-refractivity contribution in [2.45, 2.75) is 66.2 Å². The number of hydrogen-bond acceptors (Lipinski definition) is 4. The summed E-state index contributed by atoms with van der Waals surface area (Å²) in [6, 6.07) is 7.03. The van der Waals surface area contributed by atoms with Crippen LogP contribution in [0.15, 0.2) is 18.2 Å². The summed E-state index contributed by atoms with van der Waals surface area (Å²) < 4.78 is 0. The van der Waals surface area contributed by atoms with Crippen LogP contribution in [0.2, 0.25) is 0 Å². The molecule has 0 spiro atoms. The third-order valence-electron chi connectivity index (χ3n) is 5.68. The molecule has 29 heavy (non-hydrogen) atoms. The Kier molecular flexibility index (Phi) is 5.83. The fourth-order valence-electron chi connectivity index (χ4n) is 3.70. The van der Waals surface area contributed by atoms with Gasteiger partial charge in [-0.25, -0.2) is 4.98 Å². The molecule has 1 aromatic carbocycles. The molecule has 0 bridgehead atoms. The van der Waals surface area contributed by atoms with Gasteiger partial charge in [0, 0.05) is 31.9 Å². The SMILES string of the molecule is Cc1nc(C)c(C(=O)N2CCN(c3cc(C(C)(C)C)cc(C(C)(C)C)c3)CC2)s1. The summed E-state index contributed by atoms with van der Waals surface area (Å²) in [4.78, 5) is 22.5. The number of carbonyl (C=O) groups excluding carboxylic acids is 1. The van der Waals surface area contributed by atoms with Crippen molar-refractivity contribution in [3.63, 3.8) is 0 Å². The topological polar surface area (TPSA) is 36.4 Å². The summed E-state index contributed by atoms with van der Waals surface area (Å²) in [6.07, 6.45) is 0. The van der Waals surface area contributed by atoms with Crippen molar-refractivity contribution in [3.8, 4) is 0 Å². The Morgan fingerprint density at radius 3 is 1.83 bits per heavy atom. The first-order valence-electron chi connectivity index (χ1n) is 10.5. The van der Waals surface area contributed by atoms with Crippen LogP contribution in [0.3, 0.4) is 0 Å². The van der Waals surface area contributed by atoms with E-state index in [-0.39, 0.29) is 16.7 Å². The van der Waals surface area contributed by atoms with Gasteiger partial charge in [-0.1, -0.05) is 47.6 Å². The van der Waals surface area contributed by atoms with Crippen LogP contribution in [-0.2, 0) is 10.8 Å². The molecule has 0 N–H and O–H groups in total. The Morgan fingerprint density at radius 1 is 0.897 bits per heavy atom. The van der Waals surface area contributed by atoms with Crippen LogP contribution in [0, 0.1) is 13.8 Å². The van der Waals surface area contributed by atoms with Gasteiger partial charge < -0.3 is 9.80 Å². The van der Waals surface area contributed by atoms with Crippen LogP contribution < -0.4 is 4.90 Å². The van der Waals surface area contributed by atoms with Gasteiger partial charge in [0.25, 0.3) is 5.91 Å². The molecule has 1 aliphatic rings. The lowest BCUT2D eigenvalue weighted by Gasteiger charge is -2.37. The number of carbonyl (C=O) groups is 1. The number of aryl methyl sites for hydroxylation is 2. The monoisotopic (exact) mass is 413 g/mol. The number of piperazine rings is 1. The highest BCUT2D eigenvalue weighted by Gasteiger charge is 2.27. The molecule has 3 rings (SSSR count). The van der Waals surface area contributed by atoms with Gasteiger partial charge >= 0.3 is 0 Å². The molecule has 0 aliphatic carbocycles. The van der Waals surface area contributed by atoms with E-state index in [1.54, 1.807) is 0 Å². The van der Waals surface area contributed by atoms with E-state index in [9.17, 15) is 4.79 Å². The van der Waals surface area contributed by atoms with E-state index in [1.165, 1.54) is 28.2 Å². The Hall–Kier alpha value is -1.88. The van der Waals surface area contributed by atoms with Crippen molar-refractivity contribution in [1.29, 1.82) is 0 Å². The normalized spacial score (nSPS) is 15.7. The number of hydrogen-bond donors (Lipinski definition) is 0. The molecular weight excluding hydrogens is 378 g/mol. The number of benzene rings is 1. The van der Waals surface area contributed by atoms with Crippen molar-refractivity contribution in [2.24, 2.45) is 0 Å². The quantitative estimate of drug-likeness (QED) is 0.669. The Morgan fingerprint density at radius 2 is 1.41 bits per heavy atom. The molecule has 4 nitrogen and oxygen atoms in total. The van der Waals surface area contributed by atoms with Crippen LogP contribution in [-0.4, -0.2) is 42.0 Å². The maximum absolute atomic E-state index is 12.9. The molecule has 0 saturated carbocycles. The number of aromatic nitrogens is 1. The third kappa shape index (κ3) is 4.82. The van der Waals surface area contributed by atoms with Crippen LogP contribution in [0.1, 0.15) is 73.0 Å². The van der Waals surface area contributed by atoms with Crippen molar-refractivity contribution >= 4 is 22.9 Å². The number of nitrogens with zero attached hydrogens (tertiary/aromatic N) is 3. The van der Waals surface area contributed by atoms with Gasteiger partial charge in [0.2, 0.25) is 0 Å². The van der Waals surface area contributed by atoms with E-state index in [2.05, 4.69) is 69.6 Å². The molecule has 5 heteroatoms. The molecule has 1 aromatic heterocycles. The van der Waals surface area contributed by atoms with E-state index in [0.717, 1.165) is 41.8 Å². The van der Waals surface area contributed by atoms with Crippen molar-refractivity contribution < 1.29 is 4.79 Å². The maximum Gasteiger partial charge on any atom is 0.265 e. The lowest BCUT2D eigenvalue weighted by atomic mass is 9.80. The Balaban J connectivity index is 1.80. The van der Waals surface area contributed by atoms with Gasteiger partial charge in [-0.15, -0.1) is 11.3 Å². The van der Waals surface area contributed by atoms with E-state index in [1.807, 2.05) is 18.7 Å². The smallest absolute Gasteiger partial charge is 0.265 e. The zero-order valence-corrected chi connectivity index (χ0v) is 20.0. The standard InChI is InChI=1S/C24H35N3OS/c1-16-21(29-17(2)25-16)22(28)27-11-9-26(10-12-27)20-14-18(23(3,4)5)13-19(15-20)24(6,7)8/h13-15H,9-12H2,1-8H3. The minimum absolute atomic E-state index is 0.107. The van der Waals surface area contributed by atoms with E-state index < -0.39 is 0 Å². The predicted octanol–water partition coefficient (Wildman–Crippen LogP) is 5.32. The van der Waals surface area contributed by atoms with Gasteiger partial charge in [-0.3, -0.25) is 4.79 Å². The average molecular weight is 414 g/mol. The Bertz CT molecular complexity index is 862. The van der Waals surface area contributed by atoms with Crippen LogP contribution >= 0.6 is 11.3 Å². The first-order chi connectivity index (χ1) is 13.4. The first kappa shape index (κ1) is 21.8. The summed E-state index contributed by atoms with van der Waals surface area (Å²) in [5.41, 5.74) is 5.08. The van der Waals surface area contributed by atoms with Crippen molar-refractivity contribution in [1.82, 2.24) is 9.88 Å². The molecule has 0 atom stereocenters. The van der Waals surface area contributed by atoms with Gasteiger partial charge in [0.05, 0.1) is 10.7 Å². The second-order valence-electron chi connectivity index (χ2n) is 10.2. The fourth-order valence-corrected chi connectivity index (χ4v) is 4.59. The minimum atomic E-state index is 0.107. The maximum atomic E-state index is 12.9. The van der Waals surface area contributed by atoms with E-state index in [4.69, 9.17) is 0 Å². The summed E-state index contributed by atoms with van der Waals surface area (Å²) in [6.45, 7) is 20.7. The molecule has 1 fully saturated rings. The first-order valence-corrected chi connectivity index (χ1v) is 11.3. The number of rotatable bonds is 2. The highest BCUT2D eigenvalue weighted by Crippen LogP contribution is 2.34. The Labute approximate surface area is 179 Å². The van der Waals surface area contributed by atoms with Gasteiger partial charge in [0.1, 0.15) is 4.88 Å². The number of amides is 1. The van der Waals surface area contributed by atoms with Crippen LogP contribution in [0.4, 0.5) is 5.69 Å². The average Bonchev–Trinajstić information content (AvgIpc) is 2.97. The molecule has 2 heterocycles. The predicted molar refractivity (Wildman–Crippen MR) is 124 cm³/mol. The van der Waals surface area contributed by atoms with Crippen molar-refractivity contribution in [2.75, 3.05) is 31.1 Å². The molecule has 2 aromatic rings. The zero-order chi connectivity index (χ0) is 21.6. The molecular formula is C24H35N3OS. The molecule has 1 saturated heterocycles. The fraction of sp³-hybridized carbons (Fsp3) is 0.583. The second kappa shape index (κ2) is 7.75. The molecule has 1 amide bonds. The lowest BCUT2D eigenvalue weighted by Crippen LogP contribution is -2.48. The van der Waals surface area contributed by atoms with Gasteiger partial charge in [-0.2, -0.15) is 0 Å². The zero-order valence-electron chi connectivity index (χ0n) is 19.2. The van der Waals surface area contributed by atoms with Crippen molar-refractivity contribution in [3.05, 3.63) is 44.9 Å². The van der Waals surface area contributed by atoms with Crippen LogP contribution in [0.25, 0.3) is 0 Å².